The summed E-state index contributed by atoms with van der Waals surface area (Å²) in [6.07, 6.45) is 3.39. The van der Waals surface area contributed by atoms with Crippen LogP contribution in [0, 0.1) is 0 Å². The summed E-state index contributed by atoms with van der Waals surface area (Å²) in [5, 5.41) is 5.64. The van der Waals surface area contributed by atoms with Crippen molar-refractivity contribution in [3.63, 3.8) is 0 Å². The molecule has 5 amide bonds. The first-order chi connectivity index (χ1) is 15.5. The maximum Gasteiger partial charge on any atom is 0.325 e. The molecule has 0 aromatic heterocycles. The largest absolute Gasteiger partial charge is 0.325 e. The highest BCUT2D eigenvalue weighted by Crippen LogP contribution is 2.40. The predicted molar refractivity (Wildman–Crippen MR) is 118 cm³/mol. The van der Waals surface area contributed by atoms with Gasteiger partial charge >= 0.3 is 6.03 Å². The molecule has 2 heterocycles. The van der Waals surface area contributed by atoms with Crippen LogP contribution in [0.4, 0.5) is 16.2 Å². The van der Waals surface area contributed by atoms with Crippen LogP contribution in [0.3, 0.4) is 0 Å². The van der Waals surface area contributed by atoms with Crippen LogP contribution in [0.2, 0.25) is 0 Å². The number of nitrogens with one attached hydrogen (secondary N) is 2. The number of benzene rings is 2. The van der Waals surface area contributed by atoms with Crippen LogP contribution in [-0.4, -0.2) is 41.7 Å². The Balaban J connectivity index is 1.35. The molecule has 1 aliphatic carbocycles. The molecule has 2 aromatic rings. The Labute approximate surface area is 185 Å². The first-order valence-electron chi connectivity index (χ1n) is 10.9. The van der Waals surface area contributed by atoms with Gasteiger partial charge in [0, 0.05) is 13.0 Å². The van der Waals surface area contributed by atoms with Gasteiger partial charge in [-0.3, -0.25) is 19.3 Å². The molecule has 32 heavy (non-hydrogen) atoms. The van der Waals surface area contributed by atoms with Crippen LogP contribution in [0.1, 0.15) is 36.8 Å². The Morgan fingerprint density at radius 3 is 2.59 bits per heavy atom. The van der Waals surface area contributed by atoms with Gasteiger partial charge in [0.2, 0.25) is 11.8 Å². The number of hydrogen-bond acceptors (Lipinski definition) is 4. The van der Waals surface area contributed by atoms with E-state index in [4.69, 9.17) is 0 Å². The van der Waals surface area contributed by atoms with E-state index in [9.17, 15) is 19.2 Å². The molecule has 0 radical (unpaired) electrons. The second-order valence-electron chi connectivity index (χ2n) is 8.45. The Morgan fingerprint density at radius 1 is 1.00 bits per heavy atom. The predicted octanol–water partition coefficient (Wildman–Crippen LogP) is 2.54. The van der Waals surface area contributed by atoms with Crippen LogP contribution in [0.5, 0.6) is 0 Å². The van der Waals surface area contributed by atoms with Gasteiger partial charge in [0.15, 0.2) is 0 Å². The lowest BCUT2D eigenvalue weighted by atomic mass is 9.76. The van der Waals surface area contributed by atoms with Gasteiger partial charge in [0.25, 0.3) is 5.91 Å². The summed E-state index contributed by atoms with van der Waals surface area (Å²) in [4.78, 5) is 53.7. The maximum absolute atomic E-state index is 13.4. The van der Waals surface area contributed by atoms with Gasteiger partial charge in [-0.25, -0.2) is 4.79 Å². The Kier molecular flexibility index (Phi) is 4.92. The molecule has 5 rings (SSSR count). The molecule has 2 N–H and O–H groups in total. The van der Waals surface area contributed by atoms with Crippen molar-refractivity contribution in [2.24, 2.45) is 0 Å². The highest BCUT2D eigenvalue weighted by Gasteiger charge is 2.54. The molecule has 1 spiro atoms. The average Bonchev–Trinajstić information content (AvgIpc) is 3.31. The number of urea groups is 1. The second-order valence-corrected chi connectivity index (χ2v) is 8.45. The van der Waals surface area contributed by atoms with E-state index in [1.165, 1.54) is 0 Å². The van der Waals surface area contributed by atoms with Crippen molar-refractivity contribution in [2.45, 2.75) is 37.6 Å². The van der Waals surface area contributed by atoms with Gasteiger partial charge in [-0.2, -0.15) is 0 Å². The van der Waals surface area contributed by atoms with Crippen LogP contribution in [-0.2, 0) is 26.3 Å². The molecule has 164 valence electrons. The molecule has 0 saturated carbocycles. The SMILES string of the molecule is O=C(CN1C(=O)NC2(CCCc3ccccc32)C1=O)Nc1ccccc1N1CCCC1=O. The van der Waals surface area contributed by atoms with Gasteiger partial charge in [-0.1, -0.05) is 36.4 Å². The molecule has 8 nitrogen and oxygen atoms in total. The zero-order valence-electron chi connectivity index (χ0n) is 17.6. The fourth-order valence-corrected chi connectivity index (χ4v) is 5.01. The summed E-state index contributed by atoms with van der Waals surface area (Å²) in [5.74, 6) is -0.875. The van der Waals surface area contributed by atoms with E-state index in [1.807, 2.05) is 24.3 Å². The minimum Gasteiger partial charge on any atom is -0.323 e. The highest BCUT2D eigenvalue weighted by atomic mass is 16.2. The number of anilines is 2. The number of para-hydroxylation sites is 2. The van der Waals surface area contributed by atoms with E-state index in [0.29, 0.717) is 30.8 Å². The summed E-state index contributed by atoms with van der Waals surface area (Å²) in [6, 6.07) is 14.1. The minimum atomic E-state index is -1.11. The number of fused-ring (bicyclic) bond motifs is 2. The third-order valence-corrected chi connectivity index (χ3v) is 6.49. The molecule has 2 saturated heterocycles. The molecular weight excluding hydrogens is 408 g/mol. The van der Waals surface area contributed by atoms with Crippen molar-refractivity contribution in [3.8, 4) is 0 Å². The zero-order chi connectivity index (χ0) is 22.3. The summed E-state index contributed by atoms with van der Waals surface area (Å²) in [5.41, 5.74) is 1.86. The first kappa shape index (κ1) is 20.2. The minimum absolute atomic E-state index is 0.0127. The van der Waals surface area contributed by atoms with Crippen molar-refractivity contribution in [1.82, 2.24) is 10.2 Å². The molecule has 2 aliphatic heterocycles. The fourth-order valence-electron chi connectivity index (χ4n) is 5.01. The normalized spacial score (nSPS) is 22.3. The van der Waals surface area contributed by atoms with Crippen molar-refractivity contribution in [1.29, 1.82) is 0 Å². The Morgan fingerprint density at radius 2 is 1.78 bits per heavy atom. The van der Waals surface area contributed by atoms with Crippen LogP contribution in [0.25, 0.3) is 0 Å². The smallest absolute Gasteiger partial charge is 0.323 e. The number of nitrogens with zero attached hydrogens (tertiary/aromatic N) is 2. The van der Waals surface area contributed by atoms with Gasteiger partial charge in [0.1, 0.15) is 12.1 Å². The van der Waals surface area contributed by atoms with E-state index in [2.05, 4.69) is 10.6 Å². The van der Waals surface area contributed by atoms with Crippen molar-refractivity contribution in [3.05, 3.63) is 59.7 Å². The topological polar surface area (TPSA) is 98.8 Å². The van der Waals surface area contributed by atoms with Crippen molar-refractivity contribution < 1.29 is 19.2 Å². The first-order valence-corrected chi connectivity index (χ1v) is 10.9. The van der Waals surface area contributed by atoms with E-state index < -0.39 is 29.9 Å². The quantitative estimate of drug-likeness (QED) is 0.726. The Hall–Kier alpha value is -3.68. The molecule has 0 bridgehead atoms. The third kappa shape index (κ3) is 3.23. The molecule has 2 aromatic carbocycles. The van der Waals surface area contributed by atoms with Crippen molar-refractivity contribution >= 4 is 35.1 Å². The lowest BCUT2D eigenvalue weighted by Crippen LogP contribution is -2.47. The molecule has 1 atom stereocenters. The lowest BCUT2D eigenvalue weighted by molar-refractivity contribution is -0.134. The number of imide groups is 1. The maximum atomic E-state index is 13.4. The molecule has 3 aliphatic rings. The average molecular weight is 432 g/mol. The number of carbonyl (C=O) groups is 4. The van der Waals surface area contributed by atoms with Crippen molar-refractivity contribution in [2.75, 3.05) is 23.3 Å². The number of hydrogen-bond donors (Lipinski definition) is 2. The second kappa shape index (κ2) is 7.78. The van der Waals surface area contributed by atoms with Crippen LogP contribution < -0.4 is 15.5 Å². The number of amides is 5. The van der Waals surface area contributed by atoms with Gasteiger partial charge in [0.05, 0.1) is 11.4 Å². The monoisotopic (exact) mass is 432 g/mol. The van der Waals surface area contributed by atoms with E-state index in [-0.39, 0.29) is 5.91 Å². The van der Waals surface area contributed by atoms with E-state index in [0.717, 1.165) is 35.3 Å². The zero-order valence-corrected chi connectivity index (χ0v) is 17.6. The van der Waals surface area contributed by atoms with Crippen LogP contribution >= 0.6 is 0 Å². The van der Waals surface area contributed by atoms with Gasteiger partial charge in [-0.05, 0) is 48.9 Å². The lowest BCUT2D eigenvalue weighted by Gasteiger charge is -2.33. The summed E-state index contributed by atoms with van der Waals surface area (Å²) in [6.45, 7) is 0.206. The number of rotatable bonds is 4. The summed E-state index contributed by atoms with van der Waals surface area (Å²) < 4.78 is 0. The van der Waals surface area contributed by atoms with Crippen LogP contribution in [0.15, 0.2) is 48.5 Å². The number of aryl methyl sites for hydroxylation is 1. The fraction of sp³-hybridized carbons (Fsp3) is 0.333. The molecule has 8 heteroatoms. The molecule has 1 unspecified atom stereocenters. The van der Waals surface area contributed by atoms with E-state index in [1.54, 1.807) is 29.2 Å². The van der Waals surface area contributed by atoms with Gasteiger partial charge in [-0.15, -0.1) is 0 Å². The summed E-state index contributed by atoms with van der Waals surface area (Å²) >= 11 is 0. The van der Waals surface area contributed by atoms with Gasteiger partial charge < -0.3 is 15.5 Å². The standard InChI is InChI=1S/C24H24N4O4/c29-20(25-18-10-3-4-11-19(18)27-14-6-12-21(27)30)15-28-22(31)24(26-23(28)32)13-5-8-16-7-1-2-9-17(16)24/h1-4,7,9-11H,5-6,8,12-15H2,(H,25,29)(H,26,32). The molecular formula is C24H24N4O4. The number of carbonyl (C=O) groups excluding carboxylic acids is 4. The molecule has 2 fully saturated rings. The Bertz CT molecular complexity index is 1130. The third-order valence-electron chi connectivity index (χ3n) is 6.49. The summed E-state index contributed by atoms with van der Waals surface area (Å²) in [7, 11) is 0. The highest BCUT2D eigenvalue weighted by molar-refractivity contribution is 6.11. The van der Waals surface area contributed by atoms with E-state index >= 15 is 0 Å².